The Balaban J connectivity index is 2.69. The van der Waals surface area contributed by atoms with E-state index in [4.69, 9.17) is 5.11 Å². The van der Waals surface area contributed by atoms with Gasteiger partial charge in [-0.15, -0.1) is 0 Å². The van der Waals surface area contributed by atoms with E-state index >= 15 is 0 Å². The molecule has 0 saturated carbocycles. The summed E-state index contributed by atoms with van der Waals surface area (Å²) in [5.41, 5.74) is -0.815. The second-order valence-corrected chi connectivity index (χ2v) is 4.12. The lowest BCUT2D eigenvalue weighted by Crippen LogP contribution is -2.42. The first-order valence-electron chi connectivity index (χ1n) is 6.32. The van der Waals surface area contributed by atoms with Gasteiger partial charge in [-0.3, -0.25) is 14.4 Å². The highest BCUT2D eigenvalue weighted by molar-refractivity contribution is 5.96. The van der Waals surface area contributed by atoms with Gasteiger partial charge in [-0.1, -0.05) is 0 Å². The van der Waals surface area contributed by atoms with Crippen LogP contribution >= 0.6 is 0 Å². The third-order valence-electron chi connectivity index (χ3n) is 2.61. The largest absolute Gasteiger partial charge is 0.480 e. The maximum Gasteiger partial charge on any atom is 0.326 e. The summed E-state index contributed by atoms with van der Waals surface area (Å²) >= 11 is 0. The molecule has 1 rings (SSSR count). The molecule has 0 aromatic carbocycles. The number of H-pyrrole nitrogens is 1. The van der Waals surface area contributed by atoms with Crippen LogP contribution in [0, 0.1) is 0 Å². The second-order valence-electron chi connectivity index (χ2n) is 4.12. The van der Waals surface area contributed by atoms with Crippen LogP contribution in [0.3, 0.4) is 0 Å². The van der Waals surface area contributed by atoms with Gasteiger partial charge in [0.2, 0.25) is 0 Å². The minimum atomic E-state index is -1.29. The number of carbonyl (C=O) groups is 3. The first kappa shape index (κ1) is 16.4. The highest BCUT2D eigenvalue weighted by Gasteiger charge is 2.23. The molecule has 0 spiro atoms. The minimum Gasteiger partial charge on any atom is -0.480 e. The fraction of sp³-hybridized carbons (Fsp3) is 0.385. The van der Waals surface area contributed by atoms with E-state index in [1.165, 1.54) is 18.3 Å². The standard InChI is InChI=1S/C13H16N2O6/c1-2-21-10(16)6-5-9(13(19)20)15-12(18)8-4-3-7-14-11(8)17/h3-4,7,9H,2,5-6H2,1H3,(H,14,17)(H,15,18)(H,19,20)/t9-/m0/s1. The molecule has 0 aliphatic heterocycles. The van der Waals surface area contributed by atoms with Crippen molar-refractivity contribution in [2.45, 2.75) is 25.8 Å². The van der Waals surface area contributed by atoms with Gasteiger partial charge in [0.1, 0.15) is 11.6 Å². The topological polar surface area (TPSA) is 126 Å². The number of nitrogens with one attached hydrogen (secondary N) is 2. The van der Waals surface area contributed by atoms with E-state index < -0.39 is 29.4 Å². The van der Waals surface area contributed by atoms with Crippen LogP contribution in [0.4, 0.5) is 0 Å². The number of hydrogen-bond acceptors (Lipinski definition) is 5. The number of carboxylic acid groups (broad SMARTS) is 1. The lowest BCUT2D eigenvalue weighted by atomic mass is 10.1. The van der Waals surface area contributed by atoms with Crippen LogP contribution < -0.4 is 10.9 Å². The summed E-state index contributed by atoms with van der Waals surface area (Å²) in [6.45, 7) is 1.83. The molecule has 1 aromatic heterocycles. The molecule has 0 saturated heterocycles. The zero-order chi connectivity index (χ0) is 15.8. The van der Waals surface area contributed by atoms with Crippen LogP contribution in [0.2, 0.25) is 0 Å². The highest BCUT2D eigenvalue weighted by Crippen LogP contribution is 2.02. The van der Waals surface area contributed by atoms with Crippen molar-refractivity contribution in [1.29, 1.82) is 0 Å². The summed E-state index contributed by atoms with van der Waals surface area (Å²) in [4.78, 5) is 47.8. The molecule has 1 aromatic rings. The van der Waals surface area contributed by atoms with Gasteiger partial charge in [-0.25, -0.2) is 4.79 Å². The Bertz CT molecular complexity index is 580. The normalized spacial score (nSPS) is 11.5. The van der Waals surface area contributed by atoms with Gasteiger partial charge in [-0.05, 0) is 25.5 Å². The molecule has 1 heterocycles. The fourth-order valence-corrected chi connectivity index (χ4v) is 1.59. The van der Waals surface area contributed by atoms with Gasteiger partial charge < -0.3 is 20.1 Å². The summed E-state index contributed by atoms with van der Waals surface area (Å²) in [7, 11) is 0. The number of esters is 1. The lowest BCUT2D eigenvalue weighted by molar-refractivity contribution is -0.144. The van der Waals surface area contributed by atoms with Crippen molar-refractivity contribution < 1.29 is 24.2 Å². The highest BCUT2D eigenvalue weighted by atomic mass is 16.5. The predicted molar refractivity (Wildman–Crippen MR) is 71.8 cm³/mol. The average Bonchev–Trinajstić information content (AvgIpc) is 2.43. The summed E-state index contributed by atoms with van der Waals surface area (Å²) in [6.07, 6.45) is 1.09. The Labute approximate surface area is 120 Å². The van der Waals surface area contributed by atoms with Crippen molar-refractivity contribution >= 4 is 17.8 Å². The maximum atomic E-state index is 11.8. The van der Waals surface area contributed by atoms with E-state index in [9.17, 15) is 19.2 Å². The van der Waals surface area contributed by atoms with Crippen molar-refractivity contribution in [3.8, 4) is 0 Å². The Hall–Kier alpha value is -2.64. The number of amides is 1. The van der Waals surface area contributed by atoms with Crippen LogP contribution in [0.15, 0.2) is 23.1 Å². The van der Waals surface area contributed by atoms with Crippen molar-refractivity contribution in [3.63, 3.8) is 0 Å². The maximum absolute atomic E-state index is 11.8. The van der Waals surface area contributed by atoms with Crippen LogP contribution in [0.1, 0.15) is 30.1 Å². The number of hydrogen-bond donors (Lipinski definition) is 3. The number of aromatic amines is 1. The predicted octanol–water partition coefficient (Wildman–Crippen LogP) is -0.0988. The zero-order valence-corrected chi connectivity index (χ0v) is 11.4. The zero-order valence-electron chi connectivity index (χ0n) is 11.4. The van der Waals surface area contributed by atoms with E-state index in [2.05, 4.69) is 15.0 Å². The van der Waals surface area contributed by atoms with Crippen LogP contribution in [0.25, 0.3) is 0 Å². The van der Waals surface area contributed by atoms with Crippen LogP contribution in [-0.4, -0.2) is 40.6 Å². The SMILES string of the molecule is CCOC(=O)CC[C@H](NC(=O)c1ccc[nH]c1=O)C(=O)O. The van der Waals surface area contributed by atoms with Gasteiger partial charge in [0, 0.05) is 12.6 Å². The number of carboxylic acids is 1. The molecule has 0 bridgehead atoms. The van der Waals surface area contributed by atoms with E-state index in [-0.39, 0.29) is 25.0 Å². The van der Waals surface area contributed by atoms with Gasteiger partial charge in [0.15, 0.2) is 0 Å². The first-order valence-corrected chi connectivity index (χ1v) is 6.32. The van der Waals surface area contributed by atoms with Crippen molar-refractivity contribution in [2.24, 2.45) is 0 Å². The Morgan fingerprint density at radius 1 is 1.43 bits per heavy atom. The number of aromatic nitrogens is 1. The number of pyridine rings is 1. The minimum absolute atomic E-state index is 0.120. The number of rotatable bonds is 7. The molecule has 1 atom stereocenters. The van der Waals surface area contributed by atoms with Gasteiger partial charge in [-0.2, -0.15) is 0 Å². The summed E-state index contributed by atoms with van der Waals surface area (Å²) in [5, 5.41) is 11.2. The smallest absolute Gasteiger partial charge is 0.326 e. The fourth-order valence-electron chi connectivity index (χ4n) is 1.59. The van der Waals surface area contributed by atoms with E-state index in [1.54, 1.807) is 6.92 Å². The Morgan fingerprint density at radius 3 is 2.71 bits per heavy atom. The van der Waals surface area contributed by atoms with Crippen LogP contribution in [0.5, 0.6) is 0 Å². The van der Waals surface area contributed by atoms with Gasteiger partial charge in [0.05, 0.1) is 6.61 Å². The Morgan fingerprint density at radius 2 is 2.14 bits per heavy atom. The molecule has 0 aliphatic rings. The lowest BCUT2D eigenvalue weighted by Gasteiger charge is -2.13. The molecular weight excluding hydrogens is 280 g/mol. The molecule has 21 heavy (non-hydrogen) atoms. The van der Waals surface area contributed by atoms with Crippen molar-refractivity contribution in [3.05, 3.63) is 34.2 Å². The molecular formula is C13H16N2O6. The number of carbonyl (C=O) groups excluding carboxylic acids is 2. The third-order valence-corrected chi connectivity index (χ3v) is 2.61. The average molecular weight is 296 g/mol. The summed E-state index contributed by atoms with van der Waals surface area (Å²) < 4.78 is 4.68. The molecule has 8 nitrogen and oxygen atoms in total. The molecule has 8 heteroatoms. The molecule has 3 N–H and O–H groups in total. The quantitative estimate of drug-likeness (QED) is 0.603. The molecule has 1 amide bonds. The molecule has 0 unspecified atom stereocenters. The monoisotopic (exact) mass is 296 g/mol. The van der Waals surface area contributed by atoms with Crippen molar-refractivity contribution in [1.82, 2.24) is 10.3 Å². The third kappa shape index (κ3) is 5.09. The van der Waals surface area contributed by atoms with Gasteiger partial charge >= 0.3 is 11.9 Å². The second kappa shape index (κ2) is 7.83. The first-order chi connectivity index (χ1) is 9.95. The number of ether oxygens (including phenoxy) is 1. The van der Waals surface area contributed by atoms with Crippen molar-refractivity contribution in [2.75, 3.05) is 6.61 Å². The number of aliphatic carboxylic acids is 1. The van der Waals surface area contributed by atoms with Gasteiger partial charge in [0.25, 0.3) is 11.5 Å². The summed E-state index contributed by atoms with van der Waals surface area (Å²) in [6, 6.07) is 1.45. The molecule has 0 aliphatic carbocycles. The molecule has 114 valence electrons. The van der Waals surface area contributed by atoms with E-state index in [0.29, 0.717) is 0 Å². The Kier molecular flexibility index (Phi) is 6.12. The van der Waals surface area contributed by atoms with Crippen LogP contribution in [-0.2, 0) is 14.3 Å². The van der Waals surface area contributed by atoms with E-state index in [0.717, 1.165) is 0 Å². The molecule has 0 fully saturated rings. The summed E-state index contributed by atoms with van der Waals surface area (Å²) in [5.74, 6) is -2.65. The van der Waals surface area contributed by atoms with E-state index in [1.807, 2.05) is 0 Å². The molecule has 0 radical (unpaired) electrons.